The third-order valence-corrected chi connectivity index (χ3v) is 3.86. The summed E-state index contributed by atoms with van der Waals surface area (Å²) in [6, 6.07) is 5.27. The van der Waals surface area contributed by atoms with Crippen molar-refractivity contribution < 1.29 is 9.53 Å². The molecule has 5 nitrogen and oxygen atoms in total. The zero-order chi connectivity index (χ0) is 14.5. The van der Waals surface area contributed by atoms with E-state index in [-0.39, 0.29) is 12.3 Å². The van der Waals surface area contributed by atoms with E-state index < -0.39 is 0 Å². The van der Waals surface area contributed by atoms with E-state index in [2.05, 4.69) is 15.3 Å². The minimum Gasteiger partial charge on any atom is -0.478 e. The molecule has 0 bridgehead atoms. The highest BCUT2D eigenvalue weighted by molar-refractivity contribution is 7.73. The number of aromatic nitrogens is 2. The summed E-state index contributed by atoms with van der Waals surface area (Å²) in [7, 11) is 0. The first kappa shape index (κ1) is 14.7. The van der Waals surface area contributed by atoms with Gasteiger partial charge in [0.05, 0.1) is 13.0 Å². The van der Waals surface area contributed by atoms with Crippen LogP contribution < -0.4 is 10.1 Å². The molecule has 106 valence electrons. The Morgan fingerprint density at radius 3 is 3.00 bits per heavy atom. The van der Waals surface area contributed by atoms with Crippen molar-refractivity contribution in [2.24, 2.45) is 0 Å². The van der Waals surface area contributed by atoms with Gasteiger partial charge in [0.25, 0.3) is 0 Å². The maximum Gasteiger partial charge on any atom is 0.230 e. The quantitative estimate of drug-likeness (QED) is 0.833. The number of thiazole rings is 1. The maximum atomic E-state index is 12.0. The third-order valence-electron chi connectivity index (χ3n) is 2.53. The van der Waals surface area contributed by atoms with Gasteiger partial charge in [0.15, 0.2) is 3.95 Å². The molecule has 2 heterocycles. The lowest BCUT2D eigenvalue weighted by Gasteiger charge is -2.06. The second-order valence-electron chi connectivity index (χ2n) is 4.08. The van der Waals surface area contributed by atoms with Crippen molar-refractivity contribution in [1.29, 1.82) is 0 Å². The summed E-state index contributed by atoms with van der Waals surface area (Å²) in [6.45, 7) is 4.33. The second-order valence-corrected chi connectivity index (χ2v) is 5.85. The minimum absolute atomic E-state index is 0.125. The highest BCUT2D eigenvalue weighted by Crippen LogP contribution is 2.16. The third kappa shape index (κ3) is 3.88. The van der Waals surface area contributed by atoms with Crippen molar-refractivity contribution in [3.05, 3.63) is 32.7 Å². The minimum atomic E-state index is -0.125. The molecule has 0 spiro atoms. The van der Waals surface area contributed by atoms with Crippen LogP contribution in [-0.4, -0.2) is 22.5 Å². The van der Waals surface area contributed by atoms with E-state index in [1.54, 1.807) is 18.2 Å². The average molecular weight is 309 g/mol. The number of carbonyl (C=O) groups excluding carboxylic acids is 1. The Kier molecular flexibility index (Phi) is 4.86. The number of hydrogen-bond acceptors (Lipinski definition) is 5. The van der Waals surface area contributed by atoms with Gasteiger partial charge in [-0.2, -0.15) is 4.98 Å². The van der Waals surface area contributed by atoms with Crippen molar-refractivity contribution >= 4 is 35.3 Å². The average Bonchev–Trinajstić information content (AvgIpc) is 2.68. The molecule has 2 aromatic rings. The molecule has 0 aliphatic carbocycles. The number of carbonyl (C=O) groups is 1. The molecule has 0 saturated heterocycles. The van der Waals surface area contributed by atoms with E-state index in [9.17, 15) is 4.79 Å². The van der Waals surface area contributed by atoms with Crippen LogP contribution in [-0.2, 0) is 11.2 Å². The van der Waals surface area contributed by atoms with Crippen LogP contribution in [0.25, 0.3) is 0 Å². The second kappa shape index (κ2) is 6.62. The summed E-state index contributed by atoms with van der Waals surface area (Å²) in [6.07, 6.45) is 0.282. The van der Waals surface area contributed by atoms with E-state index in [0.29, 0.717) is 22.3 Å². The van der Waals surface area contributed by atoms with Crippen molar-refractivity contribution in [3.63, 3.8) is 0 Å². The Morgan fingerprint density at radius 2 is 2.35 bits per heavy atom. The molecule has 2 N–H and O–H groups in total. The summed E-state index contributed by atoms with van der Waals surface area (Å²) in [5.41, 5.74) is 0.936. The van der Waals surface area contributed by atoms with Crippen molar-refractivity contribution in [2.75, 3.05) is 11.9 Å². The first-order chi connectivity index (χ1) is 9.58. The normalized spacial score (nSPS) is 10.3. The molecular weight excluding hydrogens is 294 g/mol. The zero-order valence-electron chi connectivity index (χ0n) is 11.2. The highest BCUT2D eigenvalue weighted by atomic mass is 32.1. The topological polar surface area (TPSA) is 67.0 Å². The van der Waals surface area contributed by atoms with Gasteiger partial charge >= 0.3 is 0 Å². The lowest BCUT2D eigenvalue weighted by atomic mass is 10.3. The SMILES string of the molecule is CCOc1cccc(NC(=O)Cc2sc(=S)[nH]c2C)n1. The number of amides is 1. The smallest absolute Gasteiger partial charge is 0.230 e. The van der Waals surface area contributed by atoms with Gasteiger partial charge in [-0.3, -0.25) is 4.79 Å². The molecule has 0 fully saturated rings. The summed E-state index contributed by atoms with van der Waals surface area (Å²) in [4.78, 5) is 20.1. The zero-order valence-corrected chi connectivity index (χ0v) is 12.9. The monoisotopic (exact) mass is 309 g/mol. The lowest BCUT2D eigenvalue weighted by Crippen LogP contribution is -2.15. The fourth-order valence-corrected chi connectivity index (χ4v) is 2.94. The molecule has 0 unspecified atom stereocenters. The van der Waals surface area contributed by atoms with Crippen LogP contribution in [0, 0.1) is 10.9 Å². The molecule has 0 saturated carbocycles. The van der Waals surface area contributed by atoms with Crippen LogP contribution in [0.15, 0.2) is 18.2 Å². The fourth-order valence-electron chi connectivity index (χ4n) is 1.65. The molecular formula is C13H15N3O2S2. The number of nitrogens with one attached hydrogen (secondary N) is 2. The number of pyridine rings is 1. The van der Waals surface area contributed by atoms with Gasteiger partial charge < -0.3 is 15.0 Å². The van der Waals surface area contributed by atoms with Crippen molar-refractivity contribution in [1.82, 2.24) is 9.97 Å². The van der Waals surface area contributed by atoms with E-state index >= 15 is 0 Å². The number of nitrogens with zero attached hydrogens (tertiary/aromatic N) is 1. The van der Waals surface area contributed by atoms with E-state index in [4.69, 9.17) is 17.0 Å². The molecule has 0 aromatic carbocycles. The van der Waals surface area contributed by atoms with Crippen LogP contribution in [0.2, 0.25) is 0 Å². The molecule has 0 aliphatic rings. The van der Waals surface area contributed by atoms with Gasteiger partial charge in [-0.1, -0.05) is 6.07 Å². The number of aryl methyl sites for hydroxylation is 1. The summed E-state index contributed by atoms with van der Waals surface area (Å²) < 4.78 is 5.97. The van der Waals surface area contributed by atoms with Gasteiger partial charge in [0.2, 0.25) is 11.8 Å². The molecule has 2 aromatic heterocycles. The van der Waals surface area contributed by atoms with Crippen molar-refractivity contribution in [3.8, 4) is 5.88 Å². The molecule has 2 rings (SSSR count). The molecule has 7 heteroatoms. The van der Waals surface area contributed by atoms with Gasteiger partial charge in [0, 0.05) is 16.6 Å². The van der Waals surface area contributed by atoms with Crippen LogP contribution in [0.1, 0.15) is 17.5 Å². The Hall–Kier alpha value is -1.73. The number of ether oxygens (including phenoxy) is 1. The number of H-pyrrole nitrogens is 1. The first-order valence-corrected chi connectivity index (χ1v) is 7.39. The number of anilines is 1. The molecule has 1 amide bonds. The molecule has 0 radical (unpaired) electrons. The number of aromatic amines is 1. The fraction of sp³-hybridized carbons (Fsp3) is 0.308. The maximum absolute atomic E-state index is 12.0. The highest BCUT2D eigenvalue weighted by Gasteiger charge is 2.10. The van der Waals surface area contributed by atoms with E-state index in [1.165, 1.54) is 11.3 Å². The largest absolute Gasteiger partial charge is 0.478 e. The molecule has 20 heavy (non-hydrogen) atoms. The standard InChI is InChI=1S/C13H15N3O2S2/c1-3-18-12-6-4-5-10(16-12)15-11(17)7-9-8(2)14-13(19)20-9/h4-6H,3,7H2,1-2H3,(H,14,19)(H,15,16,17). The Labute approximate surface area is 126 Å². The van der Waals surface area contributed by atoms with E-state index in [0.717, 1.165) is 10.6 Å². The predicted octanol–water partition coefficient (Wildman–Crippen LogP) is 3.09. The Balaban J connectivity index is 2.02. The Bertz CT molecular complexity index is 664. The summed E-state index contributed by atoms with van der Waals surface area (Å²) in [5.74, 6) is 0.857. The molecule has 0 aliphatic heterocycles. The van der Waals surface area contributed by atoms with Crippen LogP contribution >= 0.6 is 23.6 Å². The Morgan fingerprint density at radius 1 is 1.55 bits per heavy atom. The lowest BCUT2D eigenvalue weighted by molar-refractivity contribution is -0.115. The molecule has 0 atom stereocenters. The van der Waals surface area contributed by atoms with Gasteiger partial charge in [0.1, 0.15) is 5.82 Å². The van der Waals surface area contributed by atoms with Gasteiger partial charge in [-0.05, 0) is 32.1 Å². The van der Waals surface area contributed by atoms with Gasteiger partial charge in [-0.15, -0.1) is 11.3 Å². The van der Waals surface area contributed by atoms with Crippen LogP contribution in [0.3, 0.4) is 0 Å². The van der Waals surface area contributed by atoms with Crippen LogP contribution in [0.5, 0.6) is 5.88 Å². The number of hydrogen-bond donors (Lipinski definition) is 2. The van der Waals surface area contributed by atoms with Crippen molar-refractivity contribution in [2.45, 2.75) is 20.3 Å². The number of rotatable bonds is 5. The summed E-state index contributed by atoms with van der Waals surface area (Å²) in [5, 5.41) is 2.75. The predicted molar refractivity (Wildman–Crippen MR) is 82.0 cm³/mol. The summed E-state index contributed by atoms with van der Waals surface area (Å²) >= 11 is 6.47. The van der Waals surface area contributed by atoms with E-state index in [1.807, 2.05) is 13.8 Å². The first-order valence-electron chi connectivity index (χ1n) is 6.16. The van der Waals surface area contributed by atoms with Crippen LogP contribution in [0.4, 0.5) is 5.82 Å². The van der Waals surface area contributed by atoms with Gasteiger partial charge in [-0.25, -0.2) is 0 Å².